The van der Waals surface area contributed by atoms with Crippen LogP contribution in [0.4, 0.5) is 4.79 Å². The van der Waals surface area contributed by atoms with Crippen LogP contribution < -0.4 is 0 Å². The highest BCUT2D eigenvalue weighted by Gasteiger charge is 2.34. The molecule has 0 aromatic heterocycles. The maximum atomic E-state index is 11.9. The number of carbonyl (C=O) groups is 1. The Morgan fingerprint density at radius 3 is 2.55 bits per heavy atom. The first-order valence-electron chi connectivity index (χ1n) is 6.81. The highest BCUT2D eigenvalue weighted by Crippen LogP contribution is 2.32. The third-order valence-electron chi connectivity index (χ3n) is 3.21. The van der Waals surface area contributed by atoms with E-state index in [0.717, 1.165) is 10.6 Å². The van der Waals surface area contributed by atoms with Crippen LogP contribution in [-0.4, -0.2) is 28.0 Å². The zero-order valence-electron chi connectivity index (χ0n) is 12.1. The molecular formula is C16H21NO3. The van der Waals surface area contributed by atoms with Crippen molar-refractivity contribution in [1.29, 1.82) is 0 Å². The summed E-state index contributed by atoms with van der Waals surface area (Å²) in [5.74, 6) is -0.00582. The van der Waals surface area contributed by atoms with Crippen molar-refractivity contribution in [3.05, 3.63) is 48.0 Å². The van der Waals surface area contributed by atoms with Gasteiger partial charge in [0.25, 0.3) is 0 Å². The number of hydrogen-bond acceptors (Lipinski definition) is 3. The molecule has 2 rings (SSSR count). The molecule has 0 spiro atoms. The van der Waals surface area contributed by atoms with E-state index in [0.29, 0.717) is 6.42 Å². The molecule has 108 valence electrons. The van der Waals surface area contributed by atoms with Crippen molar-refractivity contribution >= 4 is 6.09 Å². The quantitative estimate of drug-likeness (QED) is 0.508. The smallest absolute Gasteiger partial charge is 0.434 e. The molecule has 0 saturated heterocycles. The number of rotatable bonds is 2. The van der Waals surface area contributed by atoms with Gasteiger partial charge in [-0.25, -0.2) is 4.79 Å². The summed E-state index contributed by atoms with van der Waals surface area (Å²) >= 11 is 0. The topological polar surface area (TPSA) is 49.8 Å². The lowest BCUT2D eigenvalue weighted by molar-refractivity contribution is -0.120. The zero-order valence-corrected chi connectivity index (χ0v) is 12.1. The van der Waals surface area contributed by atoms with E-state index in [1.54, 1.807) is 20.8 Å². The second-order valence-electron chi connectivity index (χ2n) is 5.99. The van der Waals surface area contributed by atoms with Crippen LogP contribution in [0.1, 0.15) is 38.7 Å². The molecule has 1 aromatic carbocycles. The van der Waals surface area contributed by atoms with Crippen molar-refractivity contribution in [3.63, 3.8) is 0 Å². The largest absolute Gasteiger partial charge is 0.442 e. The molecule has 0 saturated carbocycles. The van der Waals surface area contributed by atoms with E-state index in [1.807, 2.05) is 42.5 Å². The Balaban J connectivity index is 2.10. The molecule has 4 heteroatoms. The third-order valence-corrected chi connectivity index (χ3v) is 3.21. The molecular weight excluding hydrogens is 254 g/mol. The second-order valence-corrected chi connectivity index (χ2v) is 5.99. The van der Waals surface area contributed by atoms with Gasteiger partial charge < -0.3 is 4.74 Å². The SMILES string of the molecule is CC(C)(C)OC(=O)N(O)[C@H]1CC=C[C@H]1c1ccccc1. The summed E-state index contributed by atoms with van der Waals surface area (Å²) in [6.45, 7) is 5.33. The van der Waals surface area contributed by atoms with Crippen LogP contribution in [0, 0.1) is 0 Å². The van der Waals surface area contributed by atoms with Crippen molar-refractivity contribution in [2.75, 3.05) is 0 Å². The predicted octanol–water partition coefficient (Wildman–Crippen LogP) is 3.73. The van der Waals surface area contributed by atoms with Gasteiger partial charge in [0, 0.05) is 5.92 Å². The average Bonchev–Trinajstić information content (AvgIpc) is 2.86. The number of hydroxylamine groups is 2. The molecule has 1 aromatic rings. The number of amides is 1. The molecule has 1 aliphatic rings. The maximum absolute atomic E-state index is 11.9. The molecule has 0 fully saturated rings. The summed E-state index contributed by atoms with van der Waals surface area (Å²) < 4.78 is 5.21. The molecule has 20 heavy (non-hydrogen) atoms. The van der Waals surface area contributed by atoms with E-state index in [4.69, 9.17) is 4.74 Å². The van der Waals surface area contributed by atoms with Crippen LogP contribution in [0.2, 0.25) is 0 Å². The lowest BCUT2D eigenvalue weighted by Gasteiger charge is -2.30. The fourth-order valence-corrected chi connectivity index (χ4v) is 2.34. The molecule has 0 aliphatic heterocycles. The van der Waals surface area contributed by atoms with Crippen LogP contribution in [-0.2, 0) is 4.74 Å². The van der Waals surface area contributed by atoms with E-state index in [2.05, 4.69) is 0 Å². The number of hydrogen-bond donors (Lipinski definition) is 1. The van der Waals surface area contributed by atoms with Gasteiger partial charge in [0.1, 0.15) is 5.60 Å². The molecule has 1 aliphatic carbocycles. The summed E-state index contributed by atoms with van der Waals surface area (Å²) in [6, 6.07) is 9.53. The van der Waals surface area contributed by atoms with Crippen LogP contribution in [0.15, 0.2) is 42.5 Å². The standard InChI is InChI=1S/C16H21NO3/c1-16(2,3)20-15(18)17(19)14-11-7-10-13(14)12-8-5-4-6-9-12/h4-10,13-14,19H,11H2,1-3H3/t13-,14-/m0/s1. The van der Waals surface area contributed by atoms with E-state index in [1.165, 1.54) is 0 Å². The van der Waals surface area contributed by atoms with E-state index in [-0.39, 0.29) is 12.0 Å². The molecule has 0 unspecified atom stereocenters. The minimum absolute atomic E-state index is 0.00582. The Morgan fingerprint density at radius 2 is 1.95 bits per heavy atom. The van der Waals surface area contributed by atoms with Crippen LogP contribution in [0.5, 0.6) is 0 Å². The third kappa shape index (κ3) is 3.39. The fraction of sp³-hybridized carbons (Fsp3) is 0.438. The summed E-state index contributed by atoms with van der Waals surface area (Å²) in [5, 5.41) is 10.9. The van der Waals surface area contributed by atoms with Gasteiger partial charge in [-0.3, -0.25) is 5.21 Å². The van der Waals surface area contributed by atoms with Crippen molar-refractivity contribution < 1.29 is 14.7 Å². The number of benzene rings is 1. The van der Waals surface area contributed by atoms with Crippen molar-refractivity contribution in [2.24, 2.45) is 0 Å². The van der Waals surface area contributed by atoms with Crippen LogP contribution in [0.3, 0.4) is 0 Å². The van der Waals surface area contributed by atoms with Crippen LogP contribution >= 0.6 is 0 Å². The highest BCUT2D eigenvalue weighted by atomic mass is 16.6. The fourth-order valence-electron chi connectivity index (χ4n) is 2.34. The maximum Gasteiger partial charge on any atom is 0.434 e. The van der Waals surface area contributed by atoms with Gasteiger partial charge in [-0.1, -0.05) is 42.5 Å². The average molecular weight is 275 g/mol. The van der Waals surface area contributed by atoms with E-state index < -0.39 is 11.7 Å². The Kier molecular flexibility index (Phi) is 4.14. The molecule has 0 radical (unpaired) electrons. The van der Waals surface area contributed by atoms with Gasteiger partial charge >= 0.3 is 6.09 Å². The normalized spacial score (nSPS) is 21.8. The molecule has 0 bridgehead atoms. The van der Waals surface area contributed by atoms with E-state index in [9.17, 15) is 10.0 Å². The van der Waals surface area contributed by atoms with Crippen molar-refractivity contribution in [1.82, 2.24) is 5.06 Å². The summed E-state index contributed by atoms with van der Waals surface area (Å²) in [5.41, 5.74) is 0.459. The Labute approximate surface area is 119 Å². The highest BCUT2D eigenvalue weighted by molar-refractivity contribution is 5.67. The van der Waals surface area contributed by atoms with Gasteiger partial charge in [0.05, 0.1) is 6.04 Å². The summed E-state index contributed by atoms with van der Waals surface area (Å²) in [7, 11) is 0. The Hall–Kier alpha value is -1.81. The first kappa shape index (κ1) is 14.6. The zero-order chi connectivity index (χ0) is 14.8. The molecule has 4 nitrogen and oxygen atoms in total. The minimum Gasteiger partial charge on any atom is -0.442 e. The summed E-state index contributed by atoms with van der Waals surface area (Å²) in [6.07, 6.45) is 3.92. The summed E-state index contributed by atoms with van der Waals surface area (Å²) in [4.78, 5) is 11.9. The Morgan fingerprint density at radius 1 is 1.30 bits per heavy atom. The van der Waals surface area contributed by atoms with Gasteiger partial charge in [-0.2, -0.15) is 5.06 Å². The monoisotopic (exact) mass is 275 g/mol. The predicted molar refractivity (Wildman–Crippen MR) is 76.6 cm³/mol. The lowest BCUT2D eigenvalue weighted by Crippen LogP contribution is -2.42. The van der Waals surface area contributed by atoms with Gasteiger partial charge in [-0.15, -0.1) is 0 Å². The Bertz CT molecular complexity index is 490. The lowest BCUT2D eigenvalue weighted by atomic mass is 9.94. The van der Waals surface area contributed by atoms with Crippen molar-refractivity contribution in [2.45, 2.75) is 44.8 Å². The minimum atomic E-state index is -0.702. The molecule has 1 amide bonds. The first-order chi connectivity index (χ1) is 9.38. The second kappa shape index (κ2) is 5.67. The number of carbonyl (C=O) groups excluding carboxylic acids is 1. The van der Waals surface area contributed by atoms with Gasteiger partial charge in [0.15, 0.2) is 0 Å². The van der Waals surface area contributed by atoms with Crippen molar-refractivity contribution in [3.8, 4) is 0 Å². The number of nitrogens with zero attached hydrogens (tertiary/aromatic N) is 1. The van der Waals surface area contributed by atoms with Gasteiger partial charge in [0.2, 0.25) is 0 Å². The van der Waals surface area contributed by atoms with Gasteiger partial charge in [-0.05, 0) is 32.8 Å². The number of ether oxygens (including phenoxy) is 1. The van der Waals surface area contributed by atoms with E-state index >= 15 is 0 Å². The molecule has 1 N–H and O–H groups in total. The van der Waals surface area contributed by atoms with Crippen LogP contribution in [0.25, 0.3) is 0 Å². The molecule has 2 atom stereocenters. The first-order valence-corrected chi connectivity index (χ1v) is 6.81. The molecule has 0 heterocycles.